The number of hydrogen-bond donors (Lipinski definition) is 2. The van der Waals surface area contributed by atoms with Gasteiger partial charge in [-0.25, -0.2) is 4.98 Å². The molecule has 0 aliphatic heterocycles. The first-order valence-corrected chi connectivity index (χ1v) is 9.15. The van der Waals surface area contributed by atoms with Gasteiger partial charge in [0.2, 0.25) is 5.91 Å². The Labute approximate surface area is 157 Å². The van der Waals surface area contributed by atoms with Crippen molar-refractivity contribution >= 4 is 17.7 Å². The summed E-state index contributed by atoms with van der Waals surface area (Å²) in [7, 11) is 0. The van der Waals surface area contributed by atoms with Crippen LogP contribution in [0.1, 0.15) is 23.2 Å². The van der Waals surface area contributed by atoms with Gasteiger partial charge >= 0.3 is 6.36 Å². The first kappa shape index (κ1) is 20.8. The van der Waals surface area contributed by atoms with Gasteiger partial charge in [0.25, 0.3) is 5.56 Å². The second kappa shape index (κ2) is 8.94. The van der Waals surface area contributed by atoms with E-state index < -0.39 is 6.36 Å². The first-order chi connectivity index (χ1) is 12.7. The van der Waals surface area contributed by atoms with Crippen LogP contribution in [0.15, 0.2) is 34.2 Å². The summed E-state index contributed by atoms with van der Waals surface area (Å²) in [4.78, 5) is 30.9. The van der Waals surface area contributed by atoms with Crippen LogP contribution < -0.4 is 15.6 Å². The molecule has 1 amide bonds. The fourth-order valence-corrected chi connectivity index (χ4v) is 2.74. The first-order valence-electron chi connectivity index (χ1n) is 7.93. The van der Waals surface area contributed by atoms with Crippen LogP contribution >= 0.6 is 11.8 Å². The molecule has 1 aromatic carbocycles. The molecule has 0 atom stereocenters. The minimum absolute atomic E-state index is 0.0967. The molecule has 1 aromatic heterocycles. The van der Waals surface area contributed by atoms with Gasteiger partial charge in [0, 0.05) is 24.2 Å². The number of carbonyl (C=O) groups excluding carboxylic acids is 1. The molecule has 2 rings (SSSR count). The van der Waals surface area contributed by atoms with Crippen LogP contribution in [0.5, 0.6) is 5.75 Å². The Kier molecular flexibility index (Phi) is 6.89. The van der Waals surface area contributed by atoms with E-state index in [-0.39, 0.29) is 36.6 Å². The number of H-pyrrole nitrogens is 1. The Hall–Kier alpha value is -2.49. The van der Waals surface area contributed by atoms with Crippen LogP contribution in [0, 0.1) is 6.92 Å². The SMILES string of the molecule is CSc1nc(C)c(CCC(=O)NCc2ccc(OC(F)(F)F)cc2)c(=O)[nH]1. The van der Waals surface area contributed by atoms with Gasteiger partial charge in [0.05, 0.1) is 0 Å². The normalized spacial score (nSPS) is 11.3. The van der Waals surface area contributed by atoms with Crippen LogP contribution in [-0.2, 0) is 17.8 Å². The van der Waals surface area contributed by atoms with E-state index in [9.17, 15) is 22.8 Å². The zero-order chi connectivity index (χ0) is 20.0. The third-order valence-electron chi connectivity index (χ3n) is 3.64. The molecular weight excluding hydrogens is 383 g/mol. The van der Waals surface area contributed by atoms with Crippen LogP contribution in [0.2, 0.25) is 0 Å². The number of nitrogens with one attached hydrogen (secondary N) is 2. The average Bonchev–Trinajstić information content (AvgIpc) is 2.59. The molecule has 0 unspecified atom stereocenters. The molecule has 146 valence electrons. The monoisotopic (exact) mass is 401 g/mol. The van der Waals surface area contributed by atoms with Gasteiger partial charge in [0.1, 0.15) is 5.75 Å². The highest BCUT2D eigenvalue weighted by atomic mass is 32.2. The summed E-state index contributed by atoms with van der Waals surface area (Å²) in [6.45, 7) is 1.87. The highest BCUT2D eigenvalue weighted by Crippen LogP contribution is 2.22. The van der Waals surface area contributed by atoms with E-state index in [4.69, 9.17) is 0 Å². The van der Waals surface area contributed by atoms with E-state index in [1.165, 1.54) is 36.0 Å². The molecule has 2 N–H and O–H groups in total. The van der Waals surface area contributed by atoms with Crippen molar-refractivity contribution in [3.63, 3.8) is 0 Å². The third-order valence-corrected chi connectivity index (χ3v) is 4.22. The van der Waals surface area contributed by atoms with E-state index >= 15 is 0 Å². The lowest BCUT2D eigenvalue weighted by Crippen LogP contribution is -2.25. The molecule has 10 heteroatoms. The second-order valence-electron chi connectivity index (χ2n) is 5.61. The molecule has 0 bridgehead atoms. The summed E-state index contributed by atoms with van der Waals surface area (Å²) >= 11 is 1.32. The summed E-state index contributed by atoms with van der Waals surface area (Å²) in [5.41, 5.74) is 1.39. The van der Waals surface area contributed by atoms with Crippen LogP contribution in [0.4, 0.5) is 13.2 Å². The van der Waals surface area contributed by atoms with Crippen molar-refractivity contribution < 1.29 is 22.7 Å². The number of halogens is 3. The summed E-state index contributed by atoms with van der Waals surface area (Å²) < 4.78 is 40.1. The highest BCUT2D eigenvalue weighted by molar-refractivity contribution is 7.98. The molecule has 6 nitrogen and oxygen atoms in total. The zero-order valence-corrected chi connectivity index (χ0v) is 15.5. The lowest BCUT2D eigenvalue weighted by molar-refractivity contribution is -0.274. The van der Waals surface area contributed by atoms with Crippen molar-refractivity contribution in [2.24, 2.45) is 0 Å². The number of rotatable bonds is 7. The van der Waals surface area contributed by atoms with Gasteiger partial charge < -0.3 is 15.0 Å². The summed E-state index contributed by atoms with van der Waals surface area (Å²) in [5.74, 6) is -0.605. The molecule has 0 aliphatic carbocycles. The number of ether oxygens (including phenoxy) is 1. The predicted octanol–water partition coefficient (Wildman–Crippen LogP) is 2.95. The number of thioether (sulfide) groups is 1. The Morgan fingerprint density at radius 2 is 1.96 bits per heavy atom. The maximum atomic E-state index is 12.1. The average molecular weight is 401 g/mol. The Morgan fingerprint density at radius 1 is 1.30 bits per heavy atom. The Bertz CT molecular complexity index is 851. The number of aryl methyl sites for hydroxylation is 1. The number of aromatic nitrogens is 2. The van der Waals surface area contributed by atoms with Crippen LogP contribution in [0.3, 0.4) is 0 Å². The fraction of sp³-hybridized carbons (Fsp3) is 0.353. The molecule has 0 fully saturated rings. The molecule has 0 radical (unpaired) electrons. The van der Waals surface area contributed by atoms with Gasteiger partial charge in [-0.2, -0.15) is 0 Å². The maximum absolute atomic E-state index is 12.1. The molecule has 0 saturated carbocycles. The van der Waals surface area contributed by atoms with Crippen molar-refractivity contribution in [2.45, 2.75) is 37.8 Å². The van der Waals surface area contributed by atoms with E-state index in [2.05, 4.69) is 20.0 Å². The van der Waals surface area contributed by atoms with Crippen molar-refractivity contribution in [3.05, 3.63) is 51.4 Å². The molecular formula is C17H18F3N3O3S. The minimum atomic E-state index is -4.74. The molecule has 2 aromatic rings. The zero-order valence-electron chi connectivity index (χ0n) is 14.6. The number of hydrogen-bond acceptors (Lipinski definition) is 5. The number of aromatic amines is 1. The third kappa shape index (κ3) is 6.63. The fourth-order valence-electron chi connectivity index (χ4n) is 2.31. The van der Waals surface area contributed by atoms with E-state index in [1.54, 1.807) is 13.2 Å². The molecule has 27 heavy (non-hydrogen) atoms. The lowest BCUT2D eigenvalue weighted by atomic mass is 10.1. The predicted molar refractivity (Wildman–Crippen MR) is 94.7 cm³/mol. The number of alkyl halides is 3. The van der Waals surface area contributed by atoms with Gasteiger partial charge in [-0.3, -0.25) is 9.59 Å². The van der Waals surface area contributed by atoms with Gasteiger partial charge in [-0.15, -0.1) is 13.2 Å². The van der Waals surface area contributed by atoms with Crippen molar-refractivity contribution in [3.8, 4) is 5.75 Å². The Balaban J connectivity index is 1.86. The smallest absolute Gasteiger partial charge is 0.406 e. The van der Waals surface area contributed by atoms with Crippen LogP contribution in [-0.4, -0.2) is 28.5 Å². The van der Waals surface area contributed by atoms with E-state index in [1.807, 2.05) is 0 Å². The molecule has 0 saturated heterocycles. The minimum Gasteiger partial charge on any atom is -0.406 e. The van der Waals surface area contributed by atoms with E-state index in [0.29, 0.717) is 22.0 Å². The molecule has 0 spiro atoms. The van der Waals surface area contributed by atoms with Gasteiger partial charge in [0.15, 0.2) is 5.16 Å². The van der Waals surface area contributed by atoms with Gasteiger partial charge in [-0.1, -0.05) is 23.9 Å². The molecule has 0 aliphatic rings. The molecule has 1 heterocycles. The summed E-state index contributed by atoms with van der Waals surface area (Å²) in [6, 6.07) is 5.22. The largest absolute Gasteiger partial charge is 0.573 e. The second-order valence-corrected chi connectivity index (χ2v) is 6.40. The Morgan fingerprint density at radius 3 is 2.52 bits per heavy atom. The topological polar surface area (TPSA) is 84.1 Å². The lowest BCUT2D eigenvalue weighted by Gasteiger charge is -2.10. The number of nitrogens with zero attached hydrogens (tertiary/aromatic N) is 1. The van der Waals surface area contributed by atoms with Gasteiger partial charge in [-0.05, 0) is 37.3 Å². The maximum Gasteiger partial charge on any atom is 0.573 e. The summed E-state index contributed by atoms with van der Waals surface area (Å²) in [6.07, 6.45) is -2.60. The van der Waals surface area contributed by atoms with Crippen molar-refractivity contribution in [1.29, 1.82) is 0 Å². The van der Waals surface area contributed by atoms with Crippen LogP contribution in [0.25, 0.3) is 0 Å². The number of carbonyl (C=O) groups is 1. The standard InChI is InChI=1S/C17H18F3N3O3S/c1-10-13(15(25)23-16(22-10)27-2)7-8-14(24)21-9-11-3-5-12(6-4-11)26-17(18,19)20/h3-6H,7-9H2,1-2H3,(H,21,24)(H,22,23,25). The summed E-state index contributed by atoms with van der Waals surface area (Å²) in [5, 5.41) is 3.18. The quantitative estimate of drug-likeness (QED) is 0.551. The van der Waals surface area contributed by atoms with Crippen molar-refractivity contribution in [1.82, 2.24) is 15.3 Å². The highest BCUT2D eigenvalue weighted by Gasteiger charge is 2.30. The van der Waals surface area contributed by atoms with E-state index in [0.717, 1.165) is 0 Å². The number of benzene rings is 1. The van der Waals surface area contributed by atoms with Crippen molar-refractivity contribution in [2.75, 3.05) is 6.26 Å². The number of amides is 1.